The Kier molecular flexibility index (Phi) is 8.17. The van der Waals surface area contributed by atoms with E-state index in [2.05, 4.69) is 28.2 Å². The van der Waals surface area contributed by atoms with E-state index >= 15 is 0 Å². The molecule has 0 spiro atoms. The van der Waals surface area contributed by atoms with Crippen LogP contribution in [-0.4, -0.2) is 53.9 Å². The lowest BCUT2D eigenvalue weighted by atomic mass is 10.1. The first-order valence-electron chi connectivity index (χ1n) is 8.35. The van der Waals surface area contributed by atoms with Crippen molar-refractivity contribution >= 4 is 31.4 Å². The van der Waals surface area contributed by atoms with Crippen molar-refractivity contribution in [1.82, 2.24) is 4.90 Å². The summed E-state index contributed by atoms with van der Waals surface area (Å²) in [5.74, 6) is 0. The molecular weight excluding hydrogens is 362 g/mol. The first-order valence-corrected chi connectivity index (χ1v) is 12.1. The molecule has 0 amide bonds. The number of sulfonamides is 2. The zero-order valence-corrected chi connectivity index (χ0v) is 17.0. The number of benzene rings is 1. The van der Waals surface area contributed by atoms with Gasteiger partial charge in [0.15, 0.2) is 0 Å². The second-order valence-electron chi connectivity index (χ2n) is 6.22. The van der Waals surface area contributed by atoms with Crippen LogP contribution < -0.4 is 9.44 Å². The van der Waals surface area contributed by atoms with Crippen molar-refractivity contribution in [2.45, 2.75) is 33.1 Å². The third-order valence-electron chi connectivity index (χ3n) is 3.47. The molecular formula is C16H29N3O4S2. The second-order valence-corrected chi connectivity index (χ2v) is 9.72. The molecule has 0 heterocycles. The minimum Gasteiger partial charge on any atom is -0.303 e. The quantitative estimate of drug-likeness (QED) is 0.602. The molecule has 0 radical (unpaired) electrons. The van der Waals surface area contributed by atoms with Crippen LogP contribution in [-0.2, 0) is 26.5 Å². The Balaban J connectivity index is 3.00. The number of hydrogen-bond donors (Lipinski definition) is 2. The van der Waals surface area contributed by atoms with Crippen molar-refractivity contribution in [2.75, 3.05) is 41.6 Å². The number of hydrogen-bond acceptors (Lipinski definition) is 5. The van der Waals surface area contributed by atoms with Gasteiger partial charge in [0.05, 0.1) is 23.9 Å². The summed E-state index contributed by atoms with van der Waals surface area (Å²) in [4.78, 5) is 2.37. The SMILES string of the molecule is CCCN(CCC)CCc1ccc(NS(C)(=O)=O)c(NS(C)(=O)=O)c1. The molecule has 25 heavy (non-hydrogen) atoms. The largest absolute Gasteiger partial charge is 0.303 e. The van der Waals surface area contributed by atoms with Crippen LogP contribution in [0.1, 0.15) is 32.3 Å². The predicted molar refractivity (Wildman–Crippen MR) is 104 cm³/mol. The summed E-state index contributed by atoms with van der Waals surface area (Å²) in [5.41, 5.74) is 1.40. The molecule has 0 saturated carbocycles. The van der Waals surface area contributed by atoms with E-state index in [4.69, 9.17) is 0 Å². The molecule has 9 heteroatoms. The molecule has 1 aromatic rings. The standard InChI is InChI=1S/C16H29N3O4S2/c1-5-10-19(11-6-2)12-9-14-7-8-15(17-24(3,20)21)16(13-14)18-25(4,22)23/h7-8,13,17-18H,5-6,9-12H2,1-4H3. The van der Waals surface area contributed by atoms with E-state index in [-0.39, 0.29) is 11.4 Å². The highest BCUT2D eigenvalue weighted by molar-refractivity contribution is 7.92. The Morgan fingerprint density at radius 2 is 1.36 bits per heavy atom. The fourth-order valence-corrected chi connectivity index (χ4v) is 3.72. The van der Waals surface area contributed by atoms with Crippen LogP contribution in [0.15, 0.2) is 18.2 Å². The first-order chi connectivity index (χ1) is 11.5. The van der Waals surface area contributed by atoms with Gasteiger partial charge >= 0.3 is 0 Å². The summed E-state index contributed by atoms with van der Waals surface area (Å²) in [5, 5.41) is 0. The molecule has 0 atom stereocenters. The molecule has 0 unspecified atom stereocenters. The Labute approximate surface area is 151 Å². The number of anilines is 2. The zero-order valence-electron chi connectivity index (χ0n) is 15.4. The highest BCUT2D eigenvalue weighted by Crippen LogP contribution is 2.25. The van der Waals surface area contributed by atoms with Crippen LogP contribution >= 0.6 is 0 Å². The van der Waals surface area contributed by atoms with E-state index in [9.17, 15) is 16.8 Å². The molecule has 144 valence electrons. The van der Waals surface area contributed by atoms with Gasteiger partial charge < -0.3 is 4.90 Å². The second kappa shape index (κ2) is 9.40. The third-order valence-corrected chi connectivity index (χ3v) is 4.65. The topological polar surface area (TPSA) is 95.6 Å². The molecule has 0 aliphatic rings. The fraction of sp³-hybridized carbons (Fsp3) is 0.625. The van der Waals surface area contributed by atoms with Gasteiger partial charge in [-0.25, -0.2) is 16.8 Å². The van der Waals surface area contributed by atoms with E-state index in [0.29, 0.717) is 0 Å². The third kappa shape index (κ3) is 9.08. The van der Waals surface area contributed by atoms with E-state index in [0.717, 1.165) is 57.0 Å². The summed E-state index contributed by atoms with van der Waals surface area (Å²) >= 11 is 0. The van der Waals surface area contributed by atoms with Crippen LogP contribution in [0.4, 0.5) is 11.4 Å². The molecule has 0 saturated heterocycles. The van der Waals surface area contributed by atoms with Gasteiger partial charge in [-0.05, 0) is 50.0 Å². The van der Waals surface area contributed by atoms with Gasteiger partial charge in [-0.3, -0.25) is 9.44 Å². The number of rotatable bonds is 11. The van der Waals surface area contributed by atoms with Crippen LogP contribution in [0.5, 0.6) is 0 Å². The summed E-state index contributed by atoms with van der Waals surface area (Å²) in [6.07, 6.45) is 4.99. The first kappa shape index (κ1) is 21.7. The van der Waals surface area contributed by atoms with Gasteiger partial charge in [-0.15, -0.1) is 0 Å². The van der Waals surface area contributed by atoms with Crippen LogP contribution in [0.3, 0.4) is 0 Å². The lowest BCUT2D eigenvalue weighted by Crippen LogP contribution is -2.27. The highest BCUT2D eigenvalue weighted by Gasteiger charge is 2.12. The summed E-state index contributed by atoms with van der Waals surface area (Å²) in [6, 6.07) is 5.09. The Morgan fingerprint density at radius 1 is 0.840 bits per heavy atom. The van der Waals surface area contributed by atoms with Crippen LogP contribution in [0.2, 0.25) is 0 Å². The zero-order chi connectivity index (χ0) is 19.1. The highest BCUT2D eigenvalue weighted by atomic mass is 32.2. The van der Waals surface area contributed by atoms with Crippen LogP contribution in [0, 0.1) is 0 Å². The van der Waals surface area contributed by atoms with Gasteiger partial charge in [0, 0.05) is 6.54 Å². The predicted octanol–water partition coefficient (Wildman–Crippen LogP) is 2.09. The average Bonchev–Trinajstić information content (AvgIpc) is 2.45. The lowest BCUT2D eigenvalue weighted by Gasteiger charge is -2.21. The average molecular weight is 392 g/mol. The lowest BCUT2D eigenvalue weighted by molar-refractivity contribution is 0.278. The maximum Gasteiger partial charge on any atom is 0.229 e. The molecule has 0 aliphatic carbocycles. The summed E-state index contributed by atoms with van der Waals surface area (Å²) in [6.45, 7) is 7.20. The van der Waals surface area contributed by atoms with E-state index in [1.54, 1.807) is 12.1 Å². The minimum absolute atomic E-state index is 0.218. The summed E-state index contributed by atoms with van der Waals surface area (Å²) < 4.78 is 50.8. The van der Waals surface area contributed by atoms with Gasteiger partial charge in [0.25, 0.3) is 0 Å². The van der Waals surface area contributed by atoms with Crippen molar-refractivity contribution in [2.24, 2.45) is 0 Å². The summed E-state index contributed by atoms with van der Waals surface area (Å²) in [7, 11) is -7.02. The van der Waals surface area contributed by atoms with E-state index in [1.807, 2.05) is 6.07 Å². The monoisotopic (exact) mass is 391 g/mol. The molecule has 1 aromatic carbocycles. The normalized spacial score (nSPS) is 12.4. The molecule has 0 bridgehead atoms. The van der Waals surface area contributed by atoms with E-state index < -0.39 is 20.0 Å². The Hall–Kier alpha value is -1.32. The number of nitrogens with one attached hydrogen (secondary N) is 2. The molecule has 2 N–H and O–H groups in total. The van der Waals surface area contributed by atoms with Gasteiger partial charge in [0.1, 0.15) is 0 Å². The Bertz CT molecular complexity index is 756. The maximum absolute atomic E-state index is 11.6. The maximum atomic E-state index is 11.6. The smallest absolute Gasteiger partial charge is 0.229 e. The van der Waals surface area contributed by atoms with Crippen molar-refractivity contribution < 1.29 is 16.8 Å². The number of nitrogens with zero attached hydrogens (tertiary/aromatic N) is 1. The van der Waals surface area contributed by atoms with Crippen LogP contribution in [0.25, 0.3) is 0 Å². The fourth-order valence-electron chi connectivity index (χ4n) is 2.57. The van der Waals surface area contributed by atoms with Crippen molar-refractivity contribution in [1.29, 1.82) is 0 Å². The van der Waals surface area contributed by atoms with Gasteiger partial charge in [-0.1, -0.05) is 19.9 Å². The van der Waals surface area contributed by atoms with Gasteiger partial charge in [0.2, 0.25) is 20.0 Å². The molecule has 0 aliphatic heterocycles. The molecule has 0 fully saturated rings. The molecule has 0 aromatic heterocycles. The van der Waals surface area contributed by atoms with E-state index in [1.165, 1.54) is 0 Å². The molecule has 7 nitrogen and oxygen atoms in total. The minimum atomic E-state index is -3.52. The molecule has 1 rings (SSSR count). The Morgan fingerprint density at radius 3 is 1.84 bits per heavy atom. The van der Waals surface area contributed by atoms with Crippen molar-refractivity contribution in [3.05, 3.63) is 23.8 Å². The van der Waals surface area contributed by atoms with Crippen molar-refractivity contribution in [3.8, 4) is 0 Å². The van der Waals surface area contributed by atoms with Gasteiger partial charge in [-0.2, -0.15) is 0 Å². The van der Waals surface area contributed by atoms with Crippen molar-refractivity contribution in [3.63, 3.8) is 0 Å².